The van der Waals surface area contributed by atoms with E-state index in [1.165, 1.54) is 37.7 Å². The van der Waals surface area contributed by atoms with Crippen molar-refractivity contribution >= 4 is 17.2 Å². The van der Waals surface area contributed by atoms with Gasteiger partial charge in [0.05, 0.1) is 25.3 Å². The number of benzene rings is 1. The van der Waals surface area contributed by atoms with Crippen molar-refractivity contribution in [3.63, 3.8) is 0 Å². The van der Waals surface area contributed by atoms with Gasteiger partial charge in [-0.05, 0) is 25.8 Å². The summed E-state index contributed by atoms with van der Waals surface area (Å²) in [5.74, 6) is 0.0734. The molecule has 1 aromatic heterocycles. The second kappa shape index (κ2) is 9.37. The van der Waals surface area contributed by atoms with Gasteiger partial charge in [0.15, 0.2) is 0 Å². The number of morpholine rings is 1. The molecule has 0 unspecified atom stereocenters. The second-order valence-corrected chi connectivity index (χ2v) is 9.21. The number of carbonyl (C=O) groups is 1. The summed E-state index contributed by atoms with van der Waals surface area (Å²) in [6.07, 6.45) is 6.49. The number of carbonyl (C=O) groups excluding carboxylic acids is 1. The van der Waals surface area contributed by atoms with E-state index in [2.05, 4.69) is 35.3 Å². The van der Waals surface area contributed by atoms with E-state index in [1.54, 1.807) is 11.3 Å². The number of aryl methyl sites for hydroxylation is 1. The minimum atomic E-state index is 0.0734. The molecule has 1 saturated heterocycles. The van der Waals surface area contributed by atoms with Crippen LogP contribution in [0.15, 0.2) is 29.6 Å². The minimum absolute atomic E-state index is 0.0734. The predicted molar refractivity (Wildman–Crippen MR) is 117 cm³/mol. The Morgan fingerprint density at radius 2 is 2.03 bits per heavy atom. The van der Waals surface area contributed by atoms with Crippen LogP contribution in [0.4, 0.5) is 0 Å². The van der Waals surface area contributed by atoms with Gasteiger partial charge in [-0.3, -0.25) is 9.69 Å². The molecule has 1 aliphatic heterocycles. The van der Waals surface area contributed by atoms with Gasteiger partial charge in [0.2, 0.25) is 5.91 Å². The molecule has 2 heterocycles. The molecule has 29 heavy (non-hydrogen) atoms. The van der Waals surface area contributed by atoms with Crippen LogP contribution in [-0.4, -0.2) is 54.2 Å². The molecule has 0 spiro atoms. The Kier molecular flexibility index (Phi) is 6.63. The molecular formula is C23H31N3O2S. The van der Waals surface area contributed by atoms with Gasteiger partial charge in [0, 0.05) is 36.1 Å². The number of ether oxygens (including phenoxy) is 1. The van der Waals surface area contributed by atoms with Crippen molar-refractivity contribution < 1.29 is 9.53 Å². The average molecular weight is 414 g/mol. The fourth-order valence-electron chi connectivity index (χ4n) is 4.64. The molecule has 2 aliphatic rings. The first-order valence-corrected chi connectivity index (χ1v) is 11.6. The highest BCUT2D eigenvalue weighted by atomic mass is 32.1. The predicted octanol–water partition coefficient (Wildman–Crippen LogP) is 3.81. The molecule has 1 aromatic carbocycles. The number of thiazole rings is 1. The van der Waals surface area contributed by atoms with E-state index < -0.39 is 0 Å². The van der Waals surface area contributed by atoms with Crippen molar-refractivity contribution in [1.82, 2.24) is 15.2 Å². The summed E-state index contributed by atoms with van der Waals surface area (Å²) < 4.78 is 5.55. The number of hydrogen-bond acceptors (Lipinski definition) is 5. The van der Waals surface area contributed by atoms with Crippen LogP contribution in [0.5, 0.6) is 0 Å². The Bertz CT molecular complexity index is 823. The SMILES string of the molecule is Cc1cccc(-c2nc(CC(=O)NCC3(N4CCOCC4)CCCCC3)cs2)c1. The molecule has 4 rings (SSSR count). The van der Waals surface area contributed by atoms with Crippen LogP contribution >= 0.6 is 11.3 Å². The lowest BCUT2D eigenvalue weighted by atomic mass is 9.79. The maximum absolute atomic E-state index is 12.7. The fraction of sp³-hybridized carbons (Fsp3) is 0.565. The zero-order chi connectivity index (χ0) is 20.1. The molecular weight excluding hydrogens is 382 g/mol. The van der Waals surface area contributed by atoms with Crippen LogP contribution in [-0.2, 0) is 16.0 Å². The van der Waals surface area contributed by atoms with Gasteiger partial charge in [-0.2, -0.15) is 0 Å². The van der Waals surface area contributed by atoms with E-state index in [0.717, 1.165) is 49.1 Å². The van der Waals surface area contributed by atoms with Gasteiger partial charge < -0.3 is 10.1 Å². The van der Waals surface area contributed by atoms with Crippen molar-refractivity contribution in [1.29, 1.82) is 0 Å². The van der Waals surface area contributed by atoms with Gasteiger partial charge in [-0.15, -0.1) is 11.3 Å². The molecule has 1 N–H and O–H groups in total. The largest absolute Gasteiger partial charge is 0.379 e. The van der Waals surface area contributed by atoms with Crippen LogP contribution in [0.1, 0.15) is 43.4 Å². The lowest BCUT2D eigenvalue weighted by Crippen LogP contribution is -2.59. The van der Waals surface area contributed by atoms with Gasteiger partial charge in [-0.25, -0.2) is 4.98 Å². The standard InChI is InChI=1S/C23H31N3O2S/c1-18-6-5-7-19(14-18)22-25-20(16-29-22)15-21(27)24-17-23(8-3-2-4-9-23)26-10-12-28-13-11-26/h5-7,14,16H,2-4,8-13,15,17H2,1H3,(H,24,27). The molecule has 2 aromatic rings. The second-order valence-electron chi connectivity index (χ2n) is 8.35. The number of rotatable bonds is 6. The van der Waals surface area contributed by atoms with Crippen molar-refractivity contribution in [2.45, 2.75) is 51.0 Å². The average Bonchev–Trinajstić information content (AvgIpc) is 3.22. The molecule has 6 heteroatoms. The Morgan fingerprint density at radius 1 is 1.24 bits per heavy atom. The molecule has 1 aliphatic carbocycles. The number of aromatic nitrogens is 1. The summed E-state index contributed by atoms with van der Waals surface area (Å²) in [4.78, 5) is 19.9. The summed E-state index contributed by atoms with van der Waals surface area (Å²) >= 11 is 1.61. The van der Waals surface area contributed by atoms with Crippen molar-refractivity contribution in [2.24, 2.45) is 0 Å². The third-order valence-corrected chi connectivity index (χ3v) is 7.18. The zero-order valence-electron chi connectivity index (χ0n) is 17.3. The Morgan fingerprint density at radius 3 is 2.79 bits per heavy atom. The van der Waals surface area contributed by atoms with Crippen LogP contribution < -0.4 is 5.32 Å². The summed E-state index contributed by atoms with van der Waals surface area (Å²) in [7, 11) is 0. The highest BCUT2D eigenvalue weighted by molar-refractivity contribution is 7.13. The van der Waals surface area contributed by atoms with E-state index in [9.17, 15) is 4.79 Å². The topological polar surface area (TPSA) is 54.5 Å². The molecule has 0 radical (unpaired) electrons. The normalized spacial score (nSPS) is 19.8. The lowest BCUT2D eigenvalue weighted by molar-refractivity contribution is -0.121. The number of nitrogens with one attached hydrogen (secondary N) is 1. The number of amides is 1. The molecule has 0 atom stereocenters. The van der Waals surface area contributed by atoms with Crippen LogP contribution in [0.2, 0.25) is 0 Å². The summed E-state index contributed by atoms with van der Waals surface area (Å²) in [5.41, 5.74) is 3.30. The molecule has 1 amide bonds. The summed E-state index contributed by atoms with van der Waals surface area (Å²) in [6.45, 7) is 6.37. The number of hydrogen-bond donors (Lipinski definition) is 1. The monoisotopic (exact) mass is 413 g/mol. The van der Waals surface area contributed by atoms with E-state index in [4.69, 9.17) is 9.72 Å². The highest BCUT2D eigenvalue weighted by Crippen LogP contribution is 2.34. The maximum atomic E-state index is 12.7. The summed E-state index contributed by atoms with van der Waals surface area (Å²) in [6, 6.07) is 8.34. The molecule has 5 nitrogen and oxygen atoms in total. The summed E-state index contributed by atoms with van der Waals surface area (Å²) in [5, 5.41) is 6.23. The van der Waals surface area contributed by atoms with Gasteiger partial charge in [-0.1, -0.05) is 43.0 Å². The molecule has 1 saturated carbocycles. The number of nitrogens with zero attached hydrogens (tertiary/aromatic N) is 2. The first kappa shape index (κ1) is 20.5. The first-order chi connectivity index (χ1) is 14.1. The highest BCUT2D eigenvalue weighted by Gasteiger charge is 2.38. The van der Waals surface area contributed by atoms with Gasteiger partial charge in [0.25, 0.3) is 0 Å². The first-order valence-electron chi connectivity index (χ1n) is 10.8. The van der Waals surface area contributed by atoms with Crippen LogP contribution in [0, 0.1) is 6.92 Å². The molecule has 0 bridgehead atoms. The van der Waals surface area contributed by atoms with E-state index in [-0.39, 0.29) is 11.4 Å². The lowest BCUT2D eigenvalue weighted by Gasteiger charge is -2.48. The third kappa shape index (κ3) is 5.05. The third-order valence-electron chi connectivity index (χ3n) is 6.24. The van der Waals surface area contributed by atoms with Gasteiger partial charge >= 0.3 is 0 Å². The van der Waals surface area contributed by atoms with E-state index >= 15 is 0 Å². The van der Waals surface area contributed by atoms with Crippen LogP contribution in [0.25, 0.3) is 10.6 Å². The maximum Gasteiger partial charge on any atom is 0.226 e. The zero-order valence-corrected chi connectivity index (χ0v) is 18.1. The van der Waals surface area contributed by atoms with Crippen molar-refractivity contribution in [3.8, 4) is 10.6 Å². The Balaban J connectivity index is 1.36. The van der Waals surface area contributed by atoms with E-state index in [0.29, 0.717) is 6.42 Å². The van der Waals surface area contributed by atoms with Crippen molar-refractivity contribution in [3.05, 3.63) is 40.9 Å². The Hall–Kier alpha value is -1.76. The van der Waals surface area contributed by atoms with Crippen molar-refractivity contribution in [2.75, 3.05) is 32.8 Å². The molecule has 2 fully saturated rings. The van der Waals surface area contributed by atoms with Crippen LogP contribution in [0.3, 0.4) is 0 Å². The van der Waals surface area contributed by atoms with E-state index in [1.807, 2.05) is 11.4 Å². The quantitative estimate of drug-likeness (QED) is 0.782. The smallest absolute Gasteiger partial charge is 0.226 e. The van der Waals surface area contributed by atoms with Gasteiger partial charge in [0.1, 0.15) is 5.01 Å². The minimum Gasteiger partial charge on any atom is -0.379 e. The fourth-order valence-corrected chi connectivity index (χ4v) is 5.46. The molecule has 156 valence electrons. The Labute approximate surface area is 177 Å².